The molecule has 4 atom stereocenters. The first-order valence-electron chi connectivity index (χ1n) is 10.8. The van der Waals surface area contributed by atoms with E-state index < -0.39 is 18.1 Å². The molecule has 1 aromatic heterocycles. The fourth-order valence-corrected chi connectivity index (χ4v) is 3.61. The Kier molecular flexibility index (Phi) is 9.46. The Balaban J connectivity index is 1.59. The molecule has 1 aromatic rings. The van der Waals surface area contributed by atoms with Crippen LogP contribution >= 0.6 is 0 Å². The first-order valence-corrected chi connectivity index (χ1v) is 10.8. The summed E-state index contributed by atoms with van der Waals surface area (Å²) in [6.45, 7) is 10.2. The predicted molar refractivity (Wildman–Crippen MR) is 116 cm³/mol. The SMILES string of the molecule is C=C(CCC/C(C)=C/C=C/[C@@H](C)CCCc1ccoc1)C[C@@H]1OC(=O)[C@H](C)[C@@H]1O. The molecule has 160 valence electrons. The van der Waals surface area contributed by atoms with Gasteiger partial charge in [0.15, 0.2) is 0 Å². The van der Waals surface area contributed by atoms with Crippen molar-refractivity contribution in [1.82, 2.24) is 0 Å². The lowest BCUT2D eigenvalue weighted by molar-refractivity contribution is -0.143. The number of carbonyl (C=O) groups is 1. The van der Waals surface area contributed by atoms with E-state index in [4.69, 9.17) is 9.15 Å². The molecule has 0 aliphatic carbocycles. The highest BCUT2D eigenvalue weighted by Crippen LogP contribution is 2.27. The van der Waals surface area contributed by atoms with Gasteiger partial charge in [-0.15, -0.1) is 0 Å². The quantitative estimate of drug-likeness (QED) is 0.274. The molecule has 0 amide bonds. The largest absolute Gasteiger partial charge is 0.472 e. The van der Waals surface area contributed by atoms with E-state index in [0.717, 1.165) is 31.3 Å². The van der Waals surface area contributed by atoms with Crippen molar-refractivity contribution in [3.8, 4) is 0 Å². The number of hydrogen-bond donors (Lipinski definition) is 1. The van der Waals surface area contributed by atoms with Crippen LogP contribution in [0, 0.1) is 11.8 Å². The molecule has 0 aromatic carbocycles. The summed E-state index contributed by atoms with van der Waals surface area (Å²) in [5.41, 5.74) is 3.65. The minimum Gasteiger partial charge on any atom is -0.472 e. The molecule has 0 bridgehead atoms. The van der Waals surface area contributed by atoms with Crippen LogP contribution in [0.1, 0.15) is 64.9 Å². The summed E-state index contributed by atoms with van der Waals surface area (Å²) in [5, 5.41) is 10.0. The van der Waals surface area contributed by atoms with E-state index in [1.165, 1.54) is 24.0 Å². The van der Waals surface area contributed by atoms with Gasteiger partial charge in [-0.25, -0.2) is 0 Å². The van der Waals surface area contributed by atoms with E-state index in [-0.39, 0.29) is 5.97 Å². The Morgan fingerprint density at radius 1 is 1.34 bits per heavy atom. The van der Waals surface area contributed by atoms with Crippen molar-refractivity contribution in [1.29, 1.82) is 0 Å². The number of aliphatic hydroxyl groups excluding tert-OH is 1. The van der Waals surface area contributed by atoms with E-state index in [2.05, 4.69) is 38.7 Å². The highest BCUT2D eigenvalue weighted by Gasteiger charge is 2.40. The molecule has 0 spiro atoms. The number of aryl methyl sites for hydroxylation is 1. The molecule has 0 saturated carbocycles. The maximum atomic E-state index is 11.5. The minimum absolute atomic E-state index is 0.309. The molecule has 0 unspecified atom stereocenters. The summed E-state index contributed by atoms with van der Waals surface area (Å²) >= 11 is 0. The molecule has 1 saturated heterocycles. The Morgan fingerprint density at radius 2 is 2.14 bits per heavy atom. The number of hydrogen-bond acceptors (Lipinski definition) is 4. The van der Waals surface area contributed by atoms with Gasteiger partial charge in [0.1, 0.15) is 12.2 Å². The van der Waals surface area contributed by atoms with Gasteiger partial charge in [-0.3, -0.25) is 4.79 Å². The van der Waals surface area contributed by atoms with Crippen molar-refractivity contribution in [2.75, 3.05) is 0 Å². The van der Waals surface area contributed by atoms with Gasteiger partial charge in [0.25, 0.3) is 0 Å². The monoisotopic (exact) mass is 400 g/mol. The molecule has 0 radical (unpaired) electrons. The first-order chi connectivity index (χ1) is 13.9. The van der Waals surface area contributed by atoms with Gasteiger partial charge in [-0.2, -0.15) is 0 Å². The first kappa shape index (κ1) is 23.2. The summed E-state index contributed by atoms with van der Waals surface area (Å²) < 4.78 is 10.3. The topological polar surface area (TPSA) is 59.7 Å². The fourth-order valence-electron chi connectivity index (χ4n) is 3.61. The van der Waals surface area contributed by atoms with Gasteiger partial charge < -0.3 is 14.3 Å². The highest BCUT2D eigenvalue weighted by molar-refractivity contribution is 5.75. The molecule has 1 aliphatic heterocycles. The second-order valence-electron chi connectivity index (χ2n) is 8.46. The number of cyclic esters (lactones) is 1. The lowest BCUT2D eigenvalue weighted by Gasteiger charge is -2.15. The summed E-state index contributed by atoms with van der Waals surface area (Å²) in [7, 11) is 0. The van der Waals surface area contributed by atoms with Gasteiger partial charge in [0.05, 0.1) is 18.4 Å². The van der Waals surface area contributed by atoms with Crippen LogP contribution in [0.4, 0.5) is 0 Å². The van der Waals surface area contributed by atoms with Crippen molar-refractivity contribution in [3.05, 3.63) is 60.1 Å². The van der Waals surface area contributed by atoms with Gasteiger partial charge in [0, 0.05) is 6.42 Å². The zero-order chi connectivity index (χ0) is 21.2. The third-order valence-electron chi connectivity index (χ3n) is 5.65. The van der Waals surface area contributed by atoms with E-state index in [0.29, 0.717) is 12.3 Å². The molecule has 1 aliphatic rings. The predicted octanol–water partition coefficient (Wildman–Crippen LogP) is 5.78. The van der Waals surface area contributed by atoms with Crippen LogP contribution < -0.4 is 0 Å². The van der Waals surface area contributed by atoms with E-state index in [9.17, 15) is 9.90 Å². The van der Waals surface area contributed by atoms with Crippen molar-refractivity contribution in [2.45, 2.75) is 77.9 Å². The normalized spacial score (nSPS) is 23.5. The summed E-state index contributed by atoms with van der Waals surface area (Å²) in [6, 6.07) is 2.03. The molecular weight excluding hydrogens is 364 g/mol. The number of esters is 1. The second-order valence-corrected chi connectivity index (χ2v) is 8.46. The molecule has 2 rings (SSSR count). The number of furan rings is 1. The zero-order valence-electron chi connectivity index (χ0n) is 18.1. The van der Waals surface area contributed by atoms with Crippen LogP contribution in [0.5, 0.6) is 0 Å². The lowest BCUT2D eigenvalue weighted by Crippen LogP contribution is -2.25. The van der Waals surface area contributed by atoms with Gasteiger partial charge in [0.2, 0.25) is 0 Å². The lowest BCUT2D eigenvalue weighted by atomic mass is 9.96. The molecular formula is C25H36O4. The average molecular weight is 401 g/mol. The molecule has 4 nitrogen and oxygen atoms in total. The van der Waals surface area contributed by atoms with Crippen LogP contribution in [-0.4, -0.2) is 23.3 Å². The second kappa shape index (κ2) is 11.8. The average Bonchev–Trinajstić information content (AvgIpc) is 3.27. The fraction of sp³-hybridized carbons (Fsp3) is 0.560. The standard InChI is InChI=1S/C25H36O4/c1-18(8-5-9-19(2)11-7-13-22-14-15-28-17-22)10-6-12-20(3)16-23-24(26)21(4)25(27)29-23/h5,8-9,14-15,17,19,21,23-24,26H,3,6-7,10-13,16H2,1-2,4H3/b9-5+,18-8+/t19-,21-,23+,24+/m1/s1. The van der Waals surface area contributed by atoms with Crippen LogP contribution in [0.2, 0.25) is 0 Å². The van der Waals surface area contributed by atoms with Crippen LogP contribution in [0.25, 0.3) is 0 Å². The van der Waals surface area contributed by atoms with E-state index in [1.54, 1.807) is 13.2 Å². The molecule has 29 heavy (non-hydrogen) atoms. The zero-order valence-corrected chi connectivity index (χ0v) is 18.1. The number of aliphatic hydroxyl groups is 1. The number of allylic oxidation sites excluding steroid dienone is 4. The van der Waals surface area contributed by atoms with Crippen LogP contribution in [-0.2, 0) is 16.0 Å². The molecule has 2 heterocycles. The summed E-state index contributed by atoms with van der Waals surface area (Å²) in [4.78, 5) is 11.5. The third kappa shape index (κ3) is 8.06. The number of ether oxygens (including phenoxy) is 1. The molecule has 4 heteroatoms. The van der Waals surface area contributed by atoms with Crippen molar-refractivity contribution in [3.63, 3.8) is 0 Å². The van der Waals surface area contributed by atoms with Crippen LogP contribution in [0.3, 0.4) is 0 Å². The smallest absolute Gasteiger partial charge is 0.311 e. The Labute approximate surface area is 175 Å². The Bertz CT molecular complexity index is 698. The van der Waals surface area contributed by atoms with E-state index >= 15 is 0 Å². The number of carbonyl (C=O) groups excluding carboxylic acids is 1. The van der Waals surface area contributed by atoms with Gasteiger partial charge in [-0.1, -0.05) is 42.9 Å². The summed E-state index contributed by atoms with van der Waals surface area (Å²) in [5.74, 6) is -0.178. The maximum Gasteiger partial charge on any atom is 0.311 e. The van der Waals surface area contributed by atoms with Gasteiger partial charge in [-0.05, 0) is 69.9 Å². The van der Waals surface area contributed by atoms with Crippen LogP contribution in [0.15, 0.2) is 59.0 Å². The number of rotatable bonds is 12. The third-order valence-corrected chi connectivity index (χ3v) is 5.65. The van der Waals surface area contributed by atoms with Crippen molar-refractivity contribution < 1.29 is 19.1 Å². The Morgan fingerprint density at radius 3 is 2.79 bits per heavy atom. The minimum atomic E-state index is -0.715. The molecule has 1 N–H and O–H groups in total. The van der Waals surface area contributed by atoms with Gasteiger partial charge >= 0.3 is 5.97 Å². The summed E-state index contributed by atoms with van der Waals surface area (Å²) in [6.07, 6.45) is 15.9. The van der Waals surface area contributed by atoms with Crippen molar-refractivity contribution >= 4 is 5.97 Å². The molecule has 1 fully saturated rings. The van der Waals surface area contributed by atoms with E-state index in [1.807, 2.05) is 12.3 Å². The van der Waals surface area contributed by atoms with Crippen molar-refractivity contribution in [2.24, 2.45) is 11.8 Å². The Hall–Kier alpha value is -2.07. The highest BCUT2D eigenvalue weighted by atomic mass is 16.6. The maximum absolute atomic E-state index is 11.5.